The van der Waals surface area contributed by atoms with E-state index in [4.69, 9.17) is 0 Å². The molecule has 2 aromatic rings. The van der Waals surface area contributed by atoms with Gasteiger partial charge < -0.3 is 10.4 Å². The maximum absolute atomic E-state index is 13.7. The van der Waals surface area contributed by atoms with Crippen LogP contribution < -0.4 is 5.32 Å². The number of nitrogens with zero attached hydrogens (tertiary/aromatic N) is 1. The Balaban J connectivity index is 1.70. The Kier molecular flexibility index (Phi) is 3.73. The van der Waals surface area contributed by atoms with Gasteiger partial charge in [0.1, 0.15) is 16.5 Å². The molecule has 0 unspecified atom stereocenters. The van der Waals surface area contributed by atoms with Gasteiger partial charge in [0, 0.05) is 17.5 Å². The predicted molar refractivity (Wildman–Crippen MR) is 78.6 cm³/mol. The third-order valence-electron chi connectivity index (χ3n) is 3.70. The van der Waals surface area contributed by atoms with Gasteiger partial charge in [-0.05, 0) is 31.4 Å². The second-order valence-electron chi connectivity index (χ2n) is 5.28. The molecule has 0 spiro atoms. The molecule has 4 nitrogen and oxygen atoms in total. The Morgan fingerprint density at radius 3 is 2.86 bits per heavy atom. The normalized spacial score (nSPS) is 16.3. The number of halogens is 1. The molecule has 0 aliphatic heterocycles. The number of hydrogen-bond donors (Lipinski definition) is 2. The number of carbonyl (C=O) groups is 1. The zero-order valence-electron chi connectivity index (χ0n) is 11.3. The van der Waals surface area contributed by atoms with Crippen LogP contribution in [0.2, 0.25) is 0 Å². The second kappa shape index (κ2) is 5.54. The summed E-state index contributed by atoms with van der Waals surface area (Å²) in [6.45, 7) is 0.235. The van der Waals surface area contributed by atoms with E-state index in [2.05, 4.69) is 10.3 Å². The van der Waals surface area contributed by atoms with Gasteiger partial charge in [-0.1, -0.05) is 12.1 Å². The Morgan fingerprint density at radius 2 is 2.19 bits per heavy atom. The van der Waals surface area contributed by atoms with Gasteiger partial charge >= 0.3 is 0 Å². The lowest BCUT2D eigenvalue weighted by molar-refractivity contribution is -0.0300. The van der Waals surface area contributed by atoms with E-state index >= 15 is 0 Å². The van der Waals surface area contributed by atoms with Gasteiger partial charge in [-0.25, -0.2) is 9.37 Å². The van der Waals surface area contributed by atoms with Gasteiger partial charge in [-0.15, -0.1) is 11.3 Å². The first kappa shape index (κ1) is 14.2. The number of benzene rings is 1. The number of aliphatic hydroxyl groups is 1. The molecule has 0 atom stereocenters. The molecule has 0 bridgehead atoms. The maximum Gasteiger partial charge on any atom is 0.270 e. The molecule has 0 radical (unpaired) electrons. The fraction of sp³-hybridized carbons (Fsp3) is 0.333. The van der Waals surface area contributed by atoms with Crippen molar-refractivity contribution in [3.63, 3.8) is 0 Å². The molecule has 1 amide bonds. The summed E-state index contributed by atoms with van der Waals surface area (Å²) in [4.78, 5) is 16.2. The van der Waals surface area contributed by atoms with Crippen molar-refractivity contribution in [3.8, 4) is 10.6 Å². The predicted octanol–water partition coefficient (Wildman–Crippen LogP) is 2.59. The lowest BCUT2D eigenvalue weighted by Crippen LogP contribution is -2.47. The fourth-order valence-corrected chi connectivity index (χ4v) is 3.06. The van der Waals surface area contributed by atoms with Crippen LogP contribution in [0.4, 0.5) is 4.39 Å². The highest BCUT2D eigenvalue weighted by Crippen LogP contribution is 2.31. The number of thiazole rings is 1. The summed E-state index contributed by atoms with van der Waals surface area (Å²) < 4.78 is 13.7. The molecule has 2 N–H and O–H groups in total. The van der Waals surface area contributed by atoms with Gasteiger partial charge in [0.15, 0.2) is 0 Å². The van der Waals surface area contributed by atoms with Crippen LogP contribution in [0.5, 0.6) is 0 Å². The number of carbonyl (C=O) groups excluding carboxylic acids is 1. The molecular formula is C15H15FN2O2S. The highest BCUT2D eigenvalue weighted by Gasteiger charge is 2.34. The summed E-state index contributed by atoms with van der Waals surface area (Å²) in [5, 5.41) is 14.7. The Hall–Kier alpha value is -1.79. The third kappa shape index (κ3) is 2.96. The number of nitrogens with one attached hydrogen (secondary N) is 1. The lowest BCUT2D eigenvalue weighted by atomic mass is 9.80. The highest BCUT2D eigenvalue weighted by atomic mass is 32.1. The Labute approximate surface area is 125 Å². The van der Waals surface area contributed by atoms with Crippen molar-refractivity contribution in [2.45, 2.75) is 24.9 Å². The van der Waals surface area contributed by atoms with Crippen molar-refractivity contribution in [1.29, 1.82) is 0 Å². The largest absolute Gasteiger partial charge is 0.388 e. The second-order valence-corrected chi connectivity index (χ2v) is 6.14. The van der Waals surface area contributed by atoms with Crippen LogP contribution in [0.3, 0.4) is 0 Å². The van der Waals surface area contributed by atoms with Crippen LogP contribution in [0.15, 0.2) is 29.6 Å². The summed E-state index contributed by atoms with van der Waals surface area (Å²) in [5.41, 5.74) is -0.125. The summed E-state index contributed by atoms with van der Waals surface area (Å²) in [6, 6.07) is 6.33. The molecule has 3 rings (SSSR count). The third-order valence-corrected chi connectivity index (χ3v) is 4.58. The number of aromatic nitrogens is 1. The average Bonchev–Trinajstić information content (AvgIpc) is 2.93. The van der Waals surface area contributed by atoms with Crippen LogP contribution in [-0.4, -0.2) is 28.1 Å². The molecular weight excluding hydrogens is 291 g/mol. The molecule has 1 heterocycles. The van der Waals surface area contributed by atoms with Gasteiger partial charge in [0.2, 0.25) is 0 Å². The van der Waals surface area contributed by atoms with Gasteiger partial charge in [-0.2, -0.15) is 0 Å². The van der Waals surface area contributed by atoms with Crippen LogP contribution >= 0.6 is 11.3 Å². The van der Waals surface area contributed by atoms with E-state index in [1.807, 2.05) is 0 Å². The van der Waals surface area contributed by atoms with E-state index < -0.39 is 5.60 Å². The molecule has 0 saturated heterocycles. The first-order chi connectivity index (χ1) is 10.1. The van der Waals surface area contributed by atoms with Crippen LogP contribution in [-0.2, 0) is 0 Å². The van der Waals surface area contributed by atoms with Gasteiger partial charge in [-0.3, -0.25) is 4.79 Å². The minimum absolute atomic E-state index is 0.235. The first-order valence-electron chi connectivity index (χ1n) is 6.78. The molecule has 1 aromatic carbocycles. The summed E-state index contributed by atoms with van der Waals surface area (Å²) >= 11 is 1.22. The number of amides is 1. The molecule has 1 saturated carbocycles. The van der Waals surface area contributed by atoms with Crippen molar-refractivity contribution in [1.82, 2.24) is 10.3 Å². The summed E-state index contributed by atoms with van der Waals surface area (Å²) in [7, 11) is 0. The first-order valence-corrected chi connectivity index (χ1v) is 7.66. The van der Waals surface area contributed by atoms with Gasteiger partial charge in [0.25, 0.3) is 5.91 Å². The van der Waals surface area contributed by atoms with Crippen molar-refractivity contribution in [2.75, 3.05) is 6.54 Å². The number of rotatable bonds is 4. The summed E-state index contributed by atoms with van der Waals surface area (Å²) in [5.74, 6) is -0.697. The standard InChI is InChI=1S/C15H15FN2O2S/c16-11-5-2-1-4-10(11)14-18-12(8-21-14)13(19)17-9-15(20)6-3-7-15/h1-2,4-5,8,20H,3,6-7,9H2,(H,17,19). The van der Waals surface area contributed by atoms with Crippen LogP contribution in [0.1, 0.15) is 29.8 Å². The Bertz CT molecular complexity index is 667. The molecule has 1 aliphatic rings. The van der Waals surface area contributed by atoms with Crippen molar-refractivity contribution >= 4 is 17.2 Å². The van der Waals surface area contributed by atoms with Crippen molar-refractivity contribution < 1.29 is 14.3 Å². The molecule has 6 heteroatoms. The van der Waals surface area contributed by atoms with E-state index in [1.165, 1.54) is 17.4 Å². The monoisotopic (exact) mass is 306 g/mol. The zero-order valence-corrected chi connectivity index (χ0v) is 12.1. The smallest absolute Gasteiger partial charge is 0.270 e. The highest BCUT2D eigenvalue weighted by molar-refractivity contribution is 7.13. The Morgan fingerprint density at radius 1 is 1.43 bits per heavy atom. The topological polar surface area (TPSA) is 62.2 Å². The van der Waals surface area contributed by atoms with Crippen molar-refractivity contribution in [2.24, 2.45) is 0 Å². The minimum atomic E-state index is -0.764. The van der Waals surface area contributed by atoms with Crippen molar-refractivity contribution in [3.05, 3.63) is 41.2 Å². The zero-order chi connectivity index (χ0) is 14.9. The lowest BCUT2D eigenvalue weighted by Gasteiger charge is -2.36. The molecule has 110 valence electrons. The van der Waals surface area contributed by atoms with Crippen LogP contribution in [0.25, 0.3) is 10.6 Å². The van der Waals surface area contributed by atoms with Gasteiger partial charge in [0.05, 0.1) is 5.60 Å². The van der Waals surface area contributed by atoms with E-state index in [-0.39, 0.29) is 24.0 Å². The van der Waals surface area contributed by atoms with Crippen LogP contribution in [0, 0.1) is 5.82 Å². The maximum atomic E-state index is 13.7. The average molecular weight is 306 g/mol. The quantitative estimate of drug-likeness (QED) is 0.912. The van der Waals surface area contributed by atoms with E-state index in [9.17, 15) is 14.3 Å². The molecule has 1 fully saturated rings. The fourth-order valence-electron chi connectivity index (χ4n) is 2.23. The van der Waals surface area contributed by atoms with E-state index in [0.717, 1.165) is 6.42 Å². The minimum Gasteiger partial charge on any atom is -0.388 e. The molecule has 1 aliphatic carbocycles. The van der Waals surface area contributed by atoms with E-state index in [0.29, 0.717) is 23.4 Å². The SMILES string of the molecule is O=C(NCC1(O)CCC1)c1csc(-c2ccccc2F)n1. The molecule has 1 aromatic heterocycles. The summed E-state index contributed by atoms with van der Waals surface area (Å²) in [6.07, 6.45) is 2.41. The molecule has 21 heavy (non-hydrogen) atoms. The number of hydrogen-bond acceptors (Lipinski definition) is 4. The van der Waals surface area contributed by atoms with E-state index in [1.54, 1.807) is 23.6 Å².